The van der Waals surface area contributed by atoms with Crippen molar-refractivity contribution < 1.29 is 13.9 Å². The lowest BCUT2D eigenvalue weighted by atomic mass is 10.1. The molecule has 4 nitrogen and oxygen atoms in total. The van der Waals surface area contributed by atoms with Crippen molar-refractivity contribution in [3.63, 3.8) is 0 Å². The summed E-state index contributed by atoms with van der Waals surface area (Å²) in [5.74, 6) is -0.711. The molecule has 1 aliphatic rings. The standard InChI is InChI=1S/C13H17FN2O2/c1-18-7-6-16(10-3-4-10)13(17)9-2-5-12(15)11(14)8-9/h2,5,8,10H,3-4,6-7,15H2,1H3. The molecule has 1 amide bonds. The molecule has 1 aromatic carbocycles. The smallest absolute Gasteiger partial charge is 0.254 e. The number of carbonyl (C=O) groups excluding carboxylic acids is 1. The highest BCUT2D eigenvalue weighted by Gasteiger charge is 2.32. The van der Waals surface area contributed by atoms with E-state index in [2.05, 4.69) is 0 Å². The molecule has 0 aromatic heterocycles. The molecule has 18 heavy (non-hydrogen) atoms. The van der Waals surface area contributed by atoms with Crippen LogP contribution in [0.4, 0.5) is 10.1 Å². The van der Waals surface area contributed by atoms with Gasteiger partial charge in [0.15, 0.2) is 0 Å². The summed E-state index contributed by atoms with van der Waals surface area (Å²) in [6, 6.07) is 4.44. The van der Waals surface area contributed by atoms with E-state index < -0.39 is 5.82 Å². The van der Waals surface area contributed by atoms with E-state index in [4.69, 9.17) is 10.5 Å². The van der Waals surface area contributed by atoms with Crippen LogP contribution in [0.3, 0.4) is 0 Å². The van der Waals surface area contributed by atoms with Gasteiger partial charge in [-0.1, -0.05) is 0 Å². The van der Waals surface area contributed by atoms with E-state index in [0.717, 1.165) is 12.8 Å². The van der Waals surface area contributed by atoms with Gasteiger partial charge in [-0.3, -0.25) is 4.79 Å². The Morgan fingerprint density at radius 1 is 1.56 bits per heavy atom. The van der Waals surface area contributed by atoms with Crippen LogP contribution in [-0.4, -0.2) is 37.1 Å². The summed E-state index contributed by atoms with van der Waals surface area (Å²) in [6.07, 6.45) is 2.01. The zero-order chi connectivity index (χ0) is 13.1. The molecular formula is C13H17FN2O2. The monoisotopic (exact) mass is 252 g/mol. The van der Waals surface area contributed by atoms with Gasteiger partial charge in [0.1, 0.15) is 5.82 Å². The molecule has 2 rings (SSSR count). The van der Waals surface area contributed by atoms with E-state index in [1.165, 1.54) is 12.1 Å². The van der Waals surface area contributed by atoms with Crippen LogP contribution in [0.25, 0.3) is 0 Å². The predicted molar refractivity (Wildman–Crippen MR) is 66.7 cm³/mol. The number of benzene rings is 1. The number of carbonyl (C=O) groups is 1. The first kappa shape index (κ1) is 12.8. The third kappa shape index (κ3) is 2.79. The average Bonchev–Trinajstić information content (AvgIpc) is 3.17. The Kier molecular flexibility index (Phi) is 3.81. The molecule has 5 heteroatoms. The molecular weight excluding hydrogens is 235 g/mol. The van der Waals surface area contributed by atoms with Crippen LogP contribution < -0.4 is 5.73 Å². The first-order valence-corrected chi connectivity index (χ1v) is 5.98. The highest BCUT2D eigenvalue weighted by Crippen LogP contribution is 2.28. The fourth-order valence-corrected chi connectivity index (χ4v) is 1.85. The van der Waals surface area contributed by atoms with Gasteiger partial charge in [0.2, 0.25) is 0 Å². The van der Waals surface area contributed by atoms with E-state index in [1.807, 2.05) is 0 Å². The van der Waals surface area contributed by atoms with Crippen LogP contribution in [0, 0.1) is 5.82 Å². The zero-order valence-corrected chi connectivity index (χ0v) is 10.4. The topological polar surface area (TPSA) is 55.6 Å². The normalized spacial score (nSPS) is 14.6. The van der Waals surface area contributed by atoms with E-state index >= 15 is 0 Å². The second kappa shape index (κ2) is 5.35. The Bertz CT molecular complexity index is 447. The number of methoxy groups -OCH3 is 1. The third-order valence-electron chi connectivity index (χ3n) is 3.03. The SMILES string of the molecule is COCCN(C(=O)c1ccc(N)c(F)c1)C1CC1. The van der Waals surface area contributed by atoms with Gasteiger partial charge in [0.05, 0.1) is 12.3 Å². The van der Waals surface area contributed by atoms with Crippen LogP contribution in [0.15, 0.2) is 18.2 Å². The maximum atomic E-state index is 13.4. The molecule has 0 atom stereocenters. The minimum Gasteiger partial charge on any atom is -0.396 e. The predicted octanol–water partition coefficient (Wildman–Crippen LogP) is 1.66. The molecule has 98 valence electrons. The fraction of sp³-hybridized carbons (Fsp3) is 0.462. The summed E-state index contributed by atoms with van der Waals surface area (Å²) in [5.41, 5.74) is 5.79. The number of nitrogens with two attached hydrogens (primary N) is 1. The van der Waals surface area contributed by atoms with E-state index in [9.17, 15) is 9.18 Å². The second-order valence-electron chi connectivity index (χ2n) is 4.46. The van der Waals surface area contributed by atoms with Crippen molar-refractivity contribution in [3.05, 3.63) is 29.6 Å². The second-order valence-corrected chi connectivity index (χ2v) is 4.46. The molecule has 2 N–H and O–H groups in total. The molecule has 0 bridgehead atoms. The number of nitrogens with zero attached hydrogens (tertiary/aromatic N) is 1. The molecule has 1 fully saturated rings. The van der Waals surface area contributed by atoms with Crippen LogP contribution >= 0.6 is 0 Å². The Hall–Kier alpha value is -1.62. The van der Waals surface area contributed by atoms with Gasteiger partial charge >= 0.3 is 0 Å². The van der Waals surface area contributed by atoms with E-state index in [0.29, 0.717) is 18.7 Å². The van der Waals surface area contributed by atoms with Crippen LogP contribution in [0.5, 0.6) is 0 Å². The number of hydrogen-bond donors (Lipinski definition) is 1. The number of hydrogen-bond acceptors (Lipinski definition) is 3. The first-order chi connectivity index (χ1) is 8.63. The minimum atomic E-state index is -0.552. The van der Waals surface area contributed by atoms with Crippen LogP contribution in [0.1, 0.15) is 23.2 Å². The molecule has 0 spiro atoms. The van der Waals surface area contributed by atoms with Gasteiger partial charge < -0.3 is 15.4 Å². The summed E-state index contributed by atoms with van der Waals surface area (Å²) in [4.78, 5) is 14.0. The number of nitrogen functional groups attached to an aromatic ring is 1. The Labute approximate surface area is 106 Å². The summed E-state index contributed by atoms with van der Waals surface area (Å²) in [7, 11) is 1.60. The Morgan fingerprint density at radius 3 is 2.83 bits per heavy atom. The van der Waals surface area contributed by atoms with E-state index in [1.54, 1.807) is 18.1 Å². The highest BCUT2D eigenvalue weighted by atomic mass is 19.1. The average molecular weight is 252 g/mol. The fourth-order valence-electron chi connectivity index (χ4n) is 1.85. The van der Waals surface area contributed by atoms with Crippen molar-refractivity contribution >= 4 is 11.6 Å². The van der Waals surface area contributed by atoms with Gasteiger partial charge in [0, 0.05) is 25.3 Å². The Balaban J connectivity index is 2.13. The Morgan fingerprint density at radius 2 is 2.28 bits per heavy atom. The molecule has 0 saturated heterocycles. The van der Waals surface area contributed by atoms with Crippen LogP contribution in [0.2, 0.25) is 0 Å². The maximum absolute atomic E-state index is 13.4. The van der Waals surface area contributed by atoms with Crippen molar-refractivity contribution in [2.24, 2.45) is 0 Å². The van der Waals surface area contributed by atoms with Crippen molar-refractivity contribution in [3.8, 4) is 0 Å². The maximum Gasteiger partial charge on any atom is 0.254 e. The summed E-state index contributed by atoms with van der Waals surface area (Å²) < 4.78 is 18.3. The van der Waals surface area contributed by atoms with E-state index in [-0.39, 0.29) is 17.6 Å². The lowest BCUT2D eigenvalue weighted by molar-refractivity contribution is 0.0680. The number of anilines is 1. The van der Waals surface area contributed by atoms with Crippen molar-refractivity contribution in [2.75, 3.05) is 26.0 Å². The molecule has 1 aliphatic carbocycles. The third-order valence-corrected chi connectivity index (χ3v) is 3.03. The zero-order valence-electron chi connectivity index (χ0n) is 10.4. The minimum absolute atomic E-state index is 0.0569. The molecule has 0 radical (unpaired) electrons. The number of rotatable bonds is 5. The van der Waals surface area contributed by atoms with Crippen LogP contribution in [-0.2, 0) is 4.74 Å². The van der Waals surface area contributed by atoms with Gasteiger partial charge in [-0.25, -0.2) is 4.39 Å². The first-order valence-electron chi connectivity index (χ1n) is 5.98. The number of amides is 1. The summed E-state index contributed by atoms with van der Waals surface area (Å²) in [5, 5.41) is 0. The molecule has 0 heterocycles. The quantitative estimate of drug-likeness (QED) is 0.811. The van der Waals surface area contributed by atoms with Gasteiger partial charge in [-0.05, 0) is 31.0 Å². The lowest BCUT2D eigenvalue weighted by Crippen LogP contribution is -2.35. The number of halogens is 1. The van der Waals surface area contributed by atoms with Gasteiger partial charge in [-0.2, -0.15) is 0 Å². The van der Waals surface area contributed by atoms with Crippen molar-refractivity contribution in [1.29, 1.82) is 0 Å². The number of ether oxygens (including phenoxy) is 1. The summed E-state index contributed by atoms with van der Waals surface area (Å²) >= 11 is 0. The molecule has 1 aromatic rings. The van der Waals surface area contributed by atoms with Crippen molar-refractivity contribution in [2.45, 2.75) is 18.9 Å². The molecule has 0 aliphatic heterocycles. The molecule has 1 saturated carbocycles. The lowest BCUT2D eigenvalue weighted by Gasteiger charge is -2.22. The van der Waals surface area contributed by atoms with Gasteiger partial charge in [0.25, 0.3) is 5.91 Å². The highest BCUT2D eigenvalue weighted by molar-refractivity contribution is 5.95. The largest absolute Gasteiger partial charge is 0.396 e. The van der Waals surface area contributed by atoms with Gasteiger partial charge in [-0.15, -0.1) is 0 Å². The molecule has 0 unspecified atom stereocenters. The summed E-state index contributed by atoms with van der Waals surface area (Å²) in [6.45, 7) is 1.02. The van der Waals surface area contributed by atoms with Crippen molar-refractivity contribution in [1.82, 2.24) is 4.90 Å².